The first-order valence-corrected chi connectivity index (χ1v) is 7.83. The lowest BCUT2D eigenvalue weighted by molar-refractivity contribution is 0.0519. The fourth-order valence-corrected chi connectivity index (χ4v) is 3.30. The second-order valence-corrected chi connectivity index (χ2v) is 6.45. The van der Waals surface area contributed by atoms with Crippen LogP contribution < -0.4 is 5.32 Å². The van der Waals surface area contributed by atoms with E-state index in [0.717, 1.165) is 15.9 Å². The van der Waals surface area contributed by atoms with Crippen LogP contribution in [0.4, 0.5) is 5.13 Å². The van der Waals surface area contributed by atoms with Gasteiger partial charge in [0, 0.05) is 10.9 Å². The zero-order valence-corrected chi connectivity index (χ0v) is 12.7. The van der Waals surface area contributed by atoms with Crippen molar-refractivity contribution in [3.8, 4) is 0 Å². The molecule has 106 valence electrons. The second-order valence-electron chi connectivity index (χ2n) is 5.25. The predicted molar refractivity (Wildman–Crippen MR) is 77.9 cm³/mol. The number of anilines is 1. The summed E-state index contributed by atoms with van der Waals surface area (Å²) in [4.78, 5) is 17.0. The monoisotopic (exact) mass is 282 g/mol. The Kier molecular flexibility index (Phi) is 4.80. The van der Waals surface area contributed by atoms with Crippen LogP contribution in [0.1, 0.15) is 54.9 Å². The number of hydrogen-bond acceptors (Lipinski definition) is 5. The maximum atomic E-state index is 11.7. The van der Waals surface area contributed by atoms with Crippen molar-refractivity contribution in [1.82, 2.24) is 4.98 Å². The van der Waals surface area contributed by atoms with Gasteiger partial charge in [-0.2, -0.15) is 0 Å². The van der Waals surface area contributed by atoms with Crippen molar-refractivity contribution in [3.05, 3.63) is 10.6 Å². The number of nitrogens with zero attached hydrogens (tertiary/aromatic N) is 1. The molecule has 0 amide bonds. The van der Waals surface area contributed by atoms with Crippen molar-refractivity contribution in [2.24, 2.45) is 5.92 Å². The SMILES string of the molecule is CCOC(=O)c1nc(NC2CCC(C)CC2)sc1C. The first-order chi connectivity index (χ1) is 9.10. The molecule has 0 unspecified atom stereocenters. The van der Waals surface area contributed by atoms with Gasteiger partial charge >= 0.3 is 5.97 Å². The van der Waals surface area contributed by atoms with Gasteiger partial charge < -0.3 is 10.1 Å². The quantitative estimate of drug-likeness (QED) is 0.857. The van der Waals surface area contributed by atoms with Crippen molar-refractivity contribution < 1.29 is 9.53 Å². The van der Waals surface area contributed by atoms with E-state index in [9.17, 15) is 4.79 Å². The van der Waals surface area contributed by atoms with Gasteiger partial charge in [0.05, 0.1) is 6.61 Å². The van der Waals surface area contributed by atoms with E-state index >= 15 is 0 Å². The fourth-order valence-electron chi connectivity index (χ4n) is 2.43. The number of hydrogen-bond donors (Lipinski definition) is 1. The summed E-state index contributed by atoms with van der Waals surface area (Å²) >= 11 is 1.54. The lowest BCUT2D eigenvalue weighted by Crippen LogP contribution is -2.25. The highest BCUT2D eigenvalue weighted by molar-refractivity contribution is 7.15. The summed E-state index contributed by atoms with van der Waals surface area (Å²) in [6, 6.07) is 0.497. The highest BCUT2D eigenvalue weighted by Gasteiger charge is 2.21. The first kappa shape index (κ1) is 14.3. The number of thiazole rings is 1. The van der Waals surface area contributed by atoms with Gasteiger partial charge in [-0.1, -0.05) is 6.92 Å². The summed E-state index contributed by atoms with van der Waals surface area (Å²) in [5.74, 6) is 0.521. The average Bonchev–Trinajstić information content (AvgIpc) is 2.74. The van der Waals surface area contributed by atoms with Gasteiger partial charge in [0.15, 0.2) is 10.8 Å². The summed E-state index contributed by atoms with van der Waals surface area (Å²) in [5.41, 5.74) is 0.457. The van der Waals surface area contributed by atoms with Gasteiger partial charge in [0.25, 0.3) is 0 Å². The minimum atomic E-state index is -0.318. The molecule has 5 heteroatoms. The zero-order chi connectivity index (χ0) is 13.8. The molecule has 4 nitrogen and oxygen atoms in total. The van der Waals surface area contributed by atoms with Crippen LogP contribution in [0.2, 0.25) is 0 Å². The van der Waals surface area contributed by atoms with Crippen molar-refractivity contribution in [1.29, 1.82) is 0 Å². The Hall–Kier alpha value is -1.10. The van der Waals surface area contributed by atoms with Crippen LogP contribution in [0, 0.1) is 12.8 Å². The van der Waals surface area contributed by atoms with Crippen molar-refractivity contribution in [2.75, 3.05) is 11.9 Å². The lowest BCUT2D eigenvalue weighted by Gasteiger charge is -2.26. The normalized spacial score (nSPS) is 23.1. The van der Waals surface area contributed by atoms with E-state index in [1.54, 1.807) is 0 Å². The molecule has 1 heterocycles. The van der Waals surface area contributed by atoms with Crippen molar-refractivity contribution >= 4 is 22.4 Å². The highest BCUT2D eigenvalue weighted by atomic mass is 32.1. The number of aromatic nitrogens is 1. The molecule has 0 aliphatic heterocycles. The Labute approximate surface area is 118 Å². The molecule has 1 saturated carbocycles. The van der Waals surface area contributed by atoms with Crippen molar-refractivity contribution in [2.45, 2.75) is 52.5 Å². The number of nitrogens with one attached hydrogen (secondary N) is 1. The molecule has 1 N–H and O–H groups in total. The molecule has 0 aromatic carbocycles. The van der Waals surface area contributed by atoms with Crippen LogP contribution >= 0.6 is 11.3 Å². The molecule has 1 fully saturated rings. The number of carbonyl (C=O) groups excluding carboxylic acids is 1. The van der Waals surface area contributed by atoms with E-state index in [-0.39, 0.29) is 5.97 Å². The van der Waals surface area contributed by atoms with Gasteiger partial charge in [-0.05, 0) is 45.4 Å². The van der Waals surface area contributed by atoms with E-state index in [0.29, 0.717) is 18.3 Å². The maximum absolute atomic E-state index is 11.7. The van der Waals surface area contributed by atoms with Crippen LogP contribution in [-0.4, -0.2) is 23.6 Å². The number of rotatable bonds is 4. The first-order valence-electron chi connectivity index (χ1n) is 7.01. The molecule has 2 rings (SSSR count). The summed E-state index contributed by atoms with van der Waals surface area (Å²) in [5, 5.41) is 4.31. The molecule has 0 radical (unpaired) electrons. The number of carbonyl (C=O) groups is 1. The molecule has 0 atom stereocenters. The van der Waals surface area contributed by atoms with Crippen LogP contribution in [0.15, 0.2) is 0 Å². The number of ether oxygens (including phenoxy) is 1. The van der Waals surface area contributed by atoms with E-state index in [4.69, 9.17) is 4.74 Å². The summed E-state index contributed by atoms with van der Waals surface area (Å²) < 4.78 is 5.00. The molecular formula is C14H22N2O2S. The standard InChI is InChI=1S/C14H22N2O2S/c1-4-18-13(17)12-10(3)19-14(16-12)15-11-7-5-9(2)6-8-11/h9,11H,4-8H2,1-3H3,(H,15,16). The smallest absolute Gasteiger partial charge is 0.358 e. The van der Waals surface area contributed by atoms with Crippen LogP contribution in [0.5, 0.6) is 0 Å². The third-order valence-electron chi connectivity index (χ3n) is 3.61. The third kappa shape index (κ3) is 3.69. The Morgan fingerprint density at radius 1 is 1.42 bits per heavy atom. The number of aryl methyl sites for hydroxylation is 1. The summed E-state index contributed by atoms with van der Waals surface area (Å²) in [6.07, 6.45) is 4.92. The number of esters is 1. The molecule has 0 bridgehead atoms. The second kappa shape index (κ2) is 6.37. The molecule has 1 aliphatic rings. The minimum Gasteiger partial charge on any atom is -0.461 e. The predicted octanol–water partition coefficient (Wildman–Crippen LogP) is 3.62. The minimum absolute atomic E-state index is 0.318. The van der Waals surface area contributed by atoms with Crippen LogP contribution in [0.3, 0.4) is 0 Å². The average molecular weight is 282 g/mol. The Bertz CT molecular complexity index is 437. The van der Waals surface area contributed by atoms with Gasteiger partial charge in [-0.15, -0.1) is 11.3 Å². The summed E-state index contributed by atoms with van der Waals surface area (Å²) in [6.45, 7) is 6.42. The van der Waals surface area contributed by atoms with E-state index in [1.165, 1.54) is 37.0 Å². The fraction of sp³-hybridized carbons (Fsp3) is 0.714. The molecule has 0 spiro atoms. The van der Waals surface area contributed by atoms with Gasteiger partial charge in [0.2, 0.25) is 0 Å². The highest BCUT2D eigenvalue weighted by Crippen LogP contribution is 2.29. The molecule has 1 aromatic rings. The van der Waals surface area contributed by atoms with Crippen LogP contribution in [-0.2, 0) is 4.74 Å². The largest absolute Gasteiger partial charge is 0.461 e. The maximum Gasteiger partial charge on any atom is 0.358 e. The topological polar surface area (TPSA) is 51.2 Å². The Morgan fingerprint density at radius 2 is 2.11 bits per heavy atom. The molecule has 1 aliphatic carbocycles. The Morgan fingerprint density at radius 3 is 2.74 bits per heavy atom. The van der Waals surface area contributed by atoms with Gasteiger partial charge in [-0.25, -0.2) is 9.78 Å². The van der Waals surface area contributed by atoms with E-state index in [2.05, 4.69) is 17.2 Å². The van der Waals surface area contributed by atoms with Crippen molar-refractivity contribution in [3.63, 3.8) is 0 Å². The molecule has 19 heavy (non-hydrogen) atoms. The van der Waals surface area contributed by atoms with Crippen LogP contribution in [0.25, 0.3) is 0 Å². The lowest BCUT2D eigenvalue weighted by atomic mass is 9.87. The molecular weight excluding hydrogens is 260 g/mol. The molecule has 0 saturated heterocycles. The van der Waals surface area contributed by atoms with Gasteiger partial charge in [-0.3, -0.25) is 0 Å². The third-order valence-corrected chi connectivity index (χ3v) is 4.51. The van der Waals surface area contributed by atoms with Gasteiger partial charge in [0.1, 0.15) is 0 Å². The molecule has 1 aromatic heterocycles. The van der Waals surface area contributed by atoms with E-state index in [1.807, 2.05) is 13.8 Å². The summed E-state index contributed by atoms with van der Waals surface area (Å²) in [7, 11) is 0. The Balaban J connectivity index is 1.98. The zero-order valence-electron chi connectivity index (χ0n) is 11.9. The van der Waals surface area contributed by atoms with E-state index < -0.39 is 0 Å².